The van der Waals surface area contributed by atoms with E-state index >= 15 is 0 Å². The van der Waals surface area contributed by atoms with E-state index in [1.54, 1.807) is 24.0 Å². The van der Waals surface area contributed by atoms with Crippen molar-refractivity contribution in [3.8, 4) is 0 Å². The van der Waals surface area contributed by atoms with E-state index in [4.69, 9.17) is 11.6 Å². The first-order chi connectivity index (χ1) is 11.6. The number of nitrogens with zero attached hydrogens (tertiary/aromatic N) is 4. The molecular weight excluding hydrogens is 333 g/mol. The summed E-state index contributed by atoms with van der Waals surface area (Å²) in [5, 5.41) is 11.6. The van der Waals surface area contributed by atoms with Crippen LogP contribution in [0.5, 0.6) is 0 Å². The lowest BCUT2D eigenvalue weighted by atomic mass is 10.1. The highest BCUT2D eigenvalue weighted by Gasteiger charge is 2.21. The Morgan fingerprint density at radius 2 is 2.21 bits per heavy atom. The molecule has 6 nitrogen and oxygen atoms in total. The minimum Gasteiger partial charge on any atom is -0.336 e. The Hall–Kier alpha value is -1.99. The molecule has 0 spiro atoms. The molecule has 1 aliphatic heterocycles. The number of hydrogen-bond acceptors (Lipinski definition) is 4. The number of hydrogen-bond donors (Lipinski definition) is 1. The van der Waals surface area contributed by atoms with Crippen molar-refractivity contribution in [3.05, 3.63) is 46.5 Å². The van der Waals surface area contributed by atoms with Crippen LogP contribution < -0.4 is 5.32 Å². The normalized spacial score (nSPS) is 15.5. The Morgan fingerprint density at radius 1 is 1.46 bits per heavy atom. The summed E-state index contributed by atoms with van der Waals surface area (Å²) in [6.45, 7) is 1.93. The Labute approximate surface area is 144 Å². The van der Waals surface area contributed by atoms with Crippen molar-refractivity contribution in [2.75, 3.05) is 20.1 Å². The summed E-state index contributed by atoms with van der Waals surface area (Å²) in [6.07, 6.45) is 3.58. The van der Waals surface area contributed by atoms with Crippen LogP contribution in [0, 0.1) is 5.82 Å². The molecule has 24 heavy (non-hydrogen) atoms. The van der Waals surface area contributed by atoms with Gasteiger partial charge in [0.25, 0.3) is 5.91 Å². The summed E-state index contributed by atoms with van der Waals surface area (Å²) >= 11 is 6.01. The van der Waals surface area contributed by atoms with Crippen molar-refractivity contribution < 1.29 is 9.18 Å². The standard InChI is InChI=1S/C16H19ClFN5O/c1-22(9-12-13(17)3-2-4-14(12)18)16(24)15-10-23(21-20-15)11-5-7-19-8-6-11/h2-4,10-11,19H,5-9H2,1H3. The molecule has 0 saturated carbocycles. The minimum absolute atomic E-state index is 0.0740. The Balaban J connectivity index is 1.70. The van der Waals surface area contributed by atoms with Crippen LogP contribution in [0.25, 0.3) is 0 Å². The van der Waals surface area contributed by atoms with E-state index in [9.17, 15) is 9.18 Å². The summed E-state index contributed by atoms with van der Waals surface area (Å²) in [7, 11) is 1.59. The third-order valence-corrected chi connectivity index (χ3v) is 4.57. The maximum Gasteiger partial charge on any atom is 0.276 e. The second-order valence-corrected chi connectivity index (χ2v) is 6.33. The summed E-state index contributed by atoms with van der Waals surface area (Å²) in [6, 6.07) is 4.72. The van der Waals surface area contributed by atoms with Gasteiger partial charge in [-0.15, -0.1) is 5.10 Å². The number of aromatic nitrogens is 3. The first kappa shape index (κ1) is 16.9. The molecule has 1 aliphatic rings. The molecule has 0 radical (unpaired) electrons. The molecule has 1 aromatic carbocycles. The molecule has 1 aromatic heterocycles. The van der Waals surface area contributed by atoms with Gasteiger partial charge in [-0.2, -0.15) is 0 Å². The van der Waals surface area contributed by atoms with Crippen LogP contribution in [0.3, 0.4) is 0 Å². The first-order valence-corrected chi connectivity index (χ1v) is 8.25. The second kappa shape index (κ2) is 7.27. The molecule has 1 amide bonds. The first-order valence-electron chi connectivity index (χ1n) is 7.87. The molecule has 2 heterocycles. The van der Waals surface area contributed by atoms with Crippen LogP contribution in [0.1, 0.15) is 34.9 Å². The third-order valence-electron chi connectivity index (χ3n) is 4.22. The number of carbonyl (C=O) groups is 1. The number of halogens is 2. The highest BCUT2D eigenvalue weighted by atomic mass is 35.5. The predicted octanol–water partition coefficient (Wildman–Crippen LogP) is 2.27. The molecular formula is C16H19ClFN5O. The van der Waals surface area contributed by atoms with Crippen molar-refractivity contribution in [1.29, 1.82) is 0 Å². The summed E-state index contributed by atoms with van der Waals surface area (Å²) in [4.78, 5) is 13.9. The number of piperidine rings is 1. The average molecular weight is 352 g/mol. The van der Waals surface area contributed by atoms with Crippen molar-refractivity contribution in [3.63, 3.8) is 0 Å². The van der Waals surface area contributed by atoms with Crippen LogP contribution in [0.4, 0.5) is 4.39 Å². The quantitative estimate of drug-likeness (QED) is 0.917. The van der Waals surface area contributed by atoms with Crippen LogP contribution in [-0.2, 0) is 6.54 Å². The summed E-state index contributed by atoms with van der Waals surface area (Å²) < 4.78 is 15.6. The zero-order valence-electron chi connectivity index (χ0n) is 13.4. The average Bonchev–Trinajstić information content (AvgIpc) is 3.08. The third kappa shape index (κ3) is 3.57. The monoisotopic (exact) mass is 351 g/mol. The second-order valence-electron chi connectivity index (χ2n) is 5.93. The molecule has 0 atom stereocenters. The molecule has 3 rings (SSSR count). The van der Waals surface area contributed by atoms with Gasteiger partial charge < -0.3 is 10.2 Å². The van der Waals surface area contributed by atoms with Crippen LogP contribution >= 0.6 is 11.6 Å². The zero-order valence-corrected chi connectivity index (χ0v) is 14.1. The van der Waals surface area contributed by atoms with E-state index in [2.05, 4.69) is 15.6 Å². The molecule has 128 valence electrons. The number of nitrogens with one attached hydrogen (secondary N) is 1. The highest BCUT2D eigenvalue weighted by molar-refractivity contribution is 6.31. The molecule has 1 N–H and O–H groups in total. The van der Waals surface area contributed by atoms with Gasteiger partial charge in [-0.25, -0.2) is 9.07 Å². The van der Waals surface area contributed by atoms with Gasteiger partial charge in [0.05, 0.1) is 18.8 Å². The molecule has 1 fully saturated rings. The molecule has 1 saturated heterocycles. The van der Waals surface area contributed by atoms with E-state index in [0.29, 0.717) is 10.6 Å². The molecule has 0 bridgehead atoms. The van der Waals surface area contributed by atoms with E-state index in [0.717, 1.165) is 25.9 Å². The van der Waals surface area contributed by atoms with E-state index in [-0.39, 0.29) is 24.2 Å². The number of amides is 1. The summed E-state index contributed by atoms with van der Waals surface area (Å²) in [5.74, 6) is -0.741. The Kier molecular flexibility index (Phi) is 5.11. The smallest absolute Gasteiger partial charge is 0.276 e. The highest BCUT2D eigenvalue weighted by Crippen LogP contribution is 2.21. The van der Waals surface area contributed by atoms with E-state index in [1.165, 1.54) is 17.0 Å². The van der Waals surface area contributed by atoms with Crippen LogP contribution in [0.2, 0.25) is 5.02 Å². The molecule has 2 aromatic rings. The van der Waals surface area contributed by atoms with Gasteiger partial charge in [0.15, 0.2) is 5.69 Å². The van der Waals surface area contributed by atoms with Gasteiger partial charge >= 0.3 is 0 Å². The van der Waals surface area contributed by atoms with Gasteiger partial charge in [0, 0.05) is 17.6 Å². The topological polar surface area (TPSA) is 63.1 Å². The van der Waals surface area contributed by atoms with Crippen LogP contribution in [0.15, 0.2) is 24.4 Å². The van der Waals surface area contributed by atoms with Crippen LogP contribution in [-0.4, -0.2) is 45.9 Å². The number of benzene rings is 1. The van der Waals surface area contributed by atoms with E-state index < -0.39 is 5.82 Å². The lowest BCUT2D eigenvalue weighted by Crippen LogP contribution is -2.29. The minimum atomic E-state index is -0.430. The lowest BCUT2D eigenvalue weighted by Gasteiger charge is -2.22. The number of carbonyl (C=O) groups excluding carboxylic acids is 1. The SMILES string of the molecule is CN(Cc1c(F)cccc1Cl)C(=O)c1cn(C2CCNCC2)nn1. The van der Waals surface area contributed by atoms with Gasteiger partial charge in [-0.3, -0.25) is 4.79 Å². The molecule has 8 heteroatoms. The van der Waals surface area contributed by atoms with E-state index in [1.807, 2.05) is 0 Å². The Morgan fingerprint density at radius 3 is 2.92 bits per heavy atom. The van der Waals surface area contributed by atoms with Crippen molar-refractivity contribution in [2.24, 2.45) is 0 Å². The number of rotatable bonds is 4. The largest absolute Gasteiger partial charge is 0.336 e. The maximum absolute atomic E-state index is 13.9. The fraction of sp³-hybridized carbons (Fsp3) is 0.438. The predicted molar refractivity (Wildman–Crippen MR) is 88.4 cm³/mol. The maximum atomic E-state index is 13.9. The van der Waals surface area contributed by atoms with Gasteiger partial charge in [0.1, 0.15) is 5.82 Å². The lowest BCUT2D eigenvalue weighted by molar-refractivity contribution is 0.0778. The fourth-order valence-corrected chi connectivity index (χ4v) is 3.04. The fourth-order valence-electron chi connectivity index (χ4n) is 2.81. The van der Waals surface area contributed by atoms with Gasteiger partial charge in [-0.1, -0.05) is 22.9 Å². The van der Waals surface area contributed by atoms with Gasteiger partial charge in [-0.05, 0) is 38.1 Å². The van der Waals surface area contributed by atoms with Crippen molar-refractivity contribution in [2.45, 2.75) is 25.4 Å². The van der Waals surface area contributed by atoms with Crippen molar-refractivity contribution in [1.82, 2.24) is 25.2 Å². The molecule has 0 unspecified atom stereocenters. The Bertz CT molecular complexity index is 709. The van der Waals surface area contributed by atoms with Crippen molar-refractivity contribution >= 4 is 17.5 Å². The zero-order chi connectivity index (χ0) is 17.1. The van der Waals surface area contributed by atoms with Gasteiger partial charge in [0.2, 0.25) is 0 Å². The summed E-state index contributed by atoms with van der Waals surface area (Å²) in [5.41, 5.74) is 0.546. The molecule has 0 aliphatic carbocycles.